The molecule has 56 heavy (non-hydrogen) atoms. The number of amides is 1. The van der Waals surface area contributed by atoms with E-state index in [2.05, 4.69) is 15.0 Å². The molecule has 1 fully saturated rings. The molecule has 15 nitrogen and oxygen atoms in total. The minimum atomic E-state index is -0.660. The first-order valence-corrected chi connectivity index (χ1v) is 18.5. The average Bonchev–Trinajstić information content (AvgIpc) is 3.90. The number of rotatable bonds is 3. The van der Waals surface area contributed by atoms with E-state index in [0.717, 1.165) is 16.9 Å². The molecule has 3 atom stereocenters. The molecule has 0 radical (unpaired) electrons. The molecular weight excluding hydrogens is 724 g/mol. The maximum Gasteiger partial charge on any atom is 0.245 e. The molecule has 0 spiro atoms. The molecule has 9 rings (SSSR count). The minimum absolute atomic E-state index is 0.0493. The fourth-order valence-electron chi connectivity index (χ4n) is 7.81. The Bertz CT molecular complexity index is 2500. The molecule has 1 amide bonds. The van der Waals surface area contributed by atoms with Gasteiger partial charge in [-0.3, -0.25) is 9.78 Å². The van der Waals surface area contributed by atoms with Gasteiger partial charge in [-0.2, -0.15) is 5.10 Å². The molecule has 1 N–H and O–H groups in total. The van der Waals surface area contributed by atoms with Crippen LogP contribution in [0.4, 0.5) is 20.4 Å². The number of nitrogens with one attached hydrogen (secondary N) is 1. The standard InChI is InChI=1S/C39H39F2N11O4/c1-4-55-26-18-49(3)39(53)31-15-25(45-33-7-5-6-28(46-33)35-36-29(10-12-42-35)44-22(2)50(36)19-26)17-51(31)37-27-16-43-52-30-9-8-23(40)14-32(30)56-20-24(41)11-13-54-21-34(47-37)48-38(27)52/h5-12,14,16,25-26,31H,4,13,15,17-21H2,1-3H3,(H,45,46)/b24-11+/t25?,26?,31-/m0/s1. The van der Waals surface area contributed by atoms with Crippen LogP contribution in [-0.4, -0.2) is 108 Å². The zero-order chi connectivity index (χ0) is 38.5. The number of pyridine rings is 2. The lowest BCUT2D eigenvalue weighted by Crippen LogP contribution is -2.47. The van der Waals surface area contributed by atoms with Gasteiger partial charge in [0.05, 0.1) is 47.6 Å². The van der Waals surface area contributed by atoms with Crippen LogP contribution < -0.4 is 15.0 Å². The van der Waals surface area contributed by atoms with Crippen LogP contribution in [0.5, 0.6) is 5.75 Å². The minimum Gasteiger partial charge on any atom is -0.484 e. The predicted octanol–water partition coefficient (Wildman–Crippen LogP) is 4.77. The fourth-order valence-corrected chi connectivity index (χ4v) is 7.81. The van der Waals surface area contributed by atoms with Crippen molar-refractivity contribution in [2.45, 2.75) is 51.6 Å². The first-order chi connectivity index (χ1) is 27.2. The van der Waals surface area contributed by atoms with Crippen LogP contribution >= 0.6 is 0 Å². The second-order valence-electron chi connectivity index (χ2n) is 14.1. The highest BCUT2D eigenvalue weighted by atomic mass is 19.1. The number of hydrogen-bond donors (Lipinski definition) is 1. The Morgan fingerprint density at radius 1 is 1.04 bits per heavy atom. The van der Waals surface area contributed by atoms with Crippen LogP contribution in [0.15, 0.2) is 66.8 Å². The fraction of sp³-hybridized carbons (Fsp3) is 0.359. The number of fused-ring (bicyclic) bond motifs is 8. The van der Waals surface area contributed by atoms with Gasteiger partial charge < -0.3 is 33.9 Å². The summed E-state index contributed by atoms with van der Waals surface area (Å²) >= 11 is 0. The van der Waals surface area contributed by atoms with Crippen molar-refractivity contribution >= 4 is 39.6 Å². The van der Waals surface area contributed by atoms with E-state index in [4.69, 9.17) is 39.1 Å². The summed E-state index contributed by atoms with van der Waals surface area (Å²) < 4.78 is 50.5. The van der Waals surface area contributed by atoms with Gasteiger partial charge in [0.2, 0.25) is 5.91 Å². The number of carbonyl (C=O) groups is 1. The number of halogens is 2. The molecule has 5 aromatic heterocycles. The Morgan fingerprint density at radius 3 is 2.80 bits per heavy atom. The topological polar surface area (TPSA) is 150 Å². The molecule has 3 aliphatic heterocycles. The number of hydrogen-bond acceptors (Lipinski definition) is 12. The Labute approximate surface area is 319 Å². The molecule has 6 bridgehead atoms. The van der Waals surface area contributed by atoms with E-state index in [-0.39, 0.29) is 37.0 Å². The molecule has 288 valence electrons. The van der Waals surface area contributed by atoms with Gasteiger partial charge in [-0.25, -0.2) is 33.4 Å². The van der Waals surface area contributed by atoms with E-state index < -0.39 is 24.3 Å². The molecule has 1 saturated heterocycles. The highest BCUT2D eigenvalue weighted by Gasteiger charge is 2.41. The predicted molar refractivity (Wildman–Crippen MR) is 203 cm³/mol. The zero-order valence-corrected chi connectivity index (χ0v) is 31.0. The maximum absolute atomic E-state index is 14.7. The van der Waals surface area contributed by atoms with E-state index in [0.29, 0.717) is 78.2 Å². The number of anilines is 2. The monoisotopic (exact) mass is 763 g/mol. The summed E-state index contributed by atoms with van der Waals surface area (Å²) in [6.45, 7) is 4.92. The van der Waals surface area contributed by atoms with Crippen molar-refractivity contribution in [3.63, 3.8) is 0 Å². The number of ether oxygens (including phenoxy) is 3. The van der Waals surface area contributed by atoms with Gasteiger partial charge in [0.15, 0.2) is 11.5 Å². The van der Waals surface area contributed by atoms with Crippen LogP contribution in [0.25, 0.3) is 39.1 Å². The maximum atomic E-state index is 14.7. The Balaban J connectivity index is 1.16. The third kappa shape index (κ3) is 6.55. The van der Waals surface area contributed by atoms with Gasteiger partial charge in [-0.05, 0) is 56.7 Å². The van der Waals surface area contributed by atoms with E-state index in [9.17, 15) is 13.6 Å². The SMILES string of the molecule is CCOC1CN(C)C(=O)[C@@H]2CC(CN2c2nc3nc4c2cnn4-c2ccc(F)cc2OC/C(F)=C\COC3)Nc2cccc(n2)-c2nccc3nc(C)n(c23)C1. The third-order valence-corrected chi connectivity index (χ3v) is 10.3. The van der Waals surface area contributed by atoms with E-state index in [1.54, 1.807) is 24.3 Å². The van der Waals surface area contributed by atoms with Crippen molar-refractivity contribution in [2.75, 3.05) is 50.2 Å². The van der Waals surface area contributed by atoms with Crippen LogP contribution in [0, 0.1) is 12.7 Å². The highest BCUT2D eigenvalue weighted by Crippen LogP contribution is 2.36. The van der Waals surface area contributed by atoms with Crippen molar-refractivity contribution in [2.24, 2.45) is 0 Å². The number of likely N-dealkylation sites (N-methyl/N-ethyl adjacent to an activating group) is 1. The summed E-state index contributed by atoms with van der Waals surface area (Å²) in [5.74, 6) is 1.01. The number of nitrogens with zero attached hydrogens (tertiary/aromatic N) is 10. The summed E-state index contributed by atoms with van der Waals surface area (Å²) in [4.78, 5) is 42.8. The molecule has 6 aromatic rings. The van der Waals surface area contributed by atoms with Crippen molar-refractivity contribution in [1.29, 1.82) is 0 Å². The summed E-state index contributed by atoms with van der Waals surface area (Å²) in [5.41, 5.74) is 3.78. The number of imidazole rings is 1. The van der Waals surface area contributed by atoms with Crippen LogP contribution in [0.2, 0.25) is 0 Å². The summed E-state index contributed by atoms with van der Waals surface area (Å²) in [6.07, 6.45) is 4.66. The summed E-state index contributed by atoms with van der Waals surface area (Å²) in [5, 5.41) is 8.78. The molecule has 2 unspecified atom stereocenters. The van der Waals surface area contributed by atoms with Crippen molar-refractivity contribution in [3.05, 3.63) is 84.2 Å². The number of carbonyl (C=O) groups excluding carboxylic acids is 1. The molecular formula is C39H39F2N11O4. The molecule has 1 aromatic carbocycles. The smallest absolute Gasteiger partial charge is 0.245 e. The Morgan fingerprint density at radius 2 is 1.93 bits per heavy atom. The van der Waals surface area contributed by atoms with Gasteiger partial charge in [0, 0.05) is 45.0 Å². The molecule has 0 saturated carbocycles. The number of aromatic nitrogens is 8. The van der Waals surface area contributed by atoms with Crippen molar-refractivity contribution < 1.29 is 27.8 Å². The van der Waals surface area contributed by atoms with Gasteiger partial charge in [-0.1, -0.05) is 6.07 Å². The van der Waals surface area contributed by atoms with Crippen molar-refractivity contribution in [1.82, 2.24) is 44.2 Å². The largest absolute Gasteiger partial charge is 0.484 e. The van der Waals surface area contributed by atoms with Crippen LogP contribution in [-0.2, 0) is 27.4 Å². The Kier molecular flexibility index (Phi) is 9.25. The second kappa shape index (κ2) is 14.5. The molecule has 0 aliphatic carbocycles. The third-order valence-electron chi connectivity index (χ3n) is 10.3. The normalized spacial score (nSPS) is 21.3. The zero-order valence-electron chi connectivity index (χ0n) is 31.0. The molecule has 3 aliphatic rings. The van der Waals surface area contributed by atoms with Gasteiger partial charge >= 0.3 is 0 Å². The molecule has 17 heteroatoms. The Hall–Kier alpha value is -6.07. The highest BCUT2D eigenvalue weighted by molar-refractivity contribution is 5.93. The van der Waals surface area contributed by atoms with Gasteiger partial charge in [0.1, 0.15) is 65.5 Å². The number of aryl methyl sites for hydroxylation is 1. The van der Waals surface area contributed by atoms with E-state index in [1.807, 2.05) is 43.0 Å². The van der Waals surface area contributed by atoms with Gasteiger partial charge in [0.25, 0.3) is 0 Å². The summed E-state index contributed by atoms with van der Waals surface area (Å²) in [7, 11) is 1.79. The van der Waals surface area contributed by atoms with Crippen molar-refractivity contribution in [3.8, 4) is 22.8 Å². The quantitative estimate of drug-likeness (QED) is 0.265. The average molecular weight is 764 g/mol. The van der Waals surface area contributed by atoms with Crippen LogP contribution in [0.3, 0.4) is 0 Å². The lowest BCUT2D eigenvalue weighted by Gasteiger charge is -2.31. The first kappa shape index (κ1) is 35.6. The molecule has 8 heterocycles. The summed E-state index contributed by atoms with van der Waals surface area (Å²) in [6, 6.07) is 10.7. The van der Waals surface area contributed by atoms with E-state index in [1.165, 1.54) is 29.0 Å². The second-order valence-corrected chi connectivity index (χ2v) is 14.1. The lowest BCUT2D eigenvalue weighted by atomic mass is 10.1. The lowest BCUT2D eigenvalue weighted by molar-refractivity contribution is -0.133. The first-order valence-electron chi connectivity index (χ1n) is 18.5. The van der Waals surface area contributed by atoms with E-state index >= 15 is 0 Å². The number of benzene rings is 1. The van der Waals surface area contributed by atoms with Gasteiger partial charge in [-0.15, -0.1) is 0 Å². The van der Waals surface area contributed by atoms with Crippen LogP contribution in [0.1, 0.15) is 25.0 Å².